The first kappa shape index (κ1) is 61.3. The lowest BCUT2D eigenvalue weighted by Gasteiger charge is -2.18. The van der Waals surface area contributed by atoms with Crippen LogP contribution in [-0.2, 0) is 28.6 Å². The first-order valence-corrected chi connectivity index (χ1v) is 26.8. The summed E-state index contributed by atoms with van der Waals surface area (Å²) in [5.41, 5.74) is 0. The molecule has 6 nitrogen and oxygen atoms in total. The summed E-state index contributed by atoms with van der Waals surface area (Å²) in [5.74, 6) is -1.01. The third-order valence-corrected chi connectivity index (χ3v) is 11.2. The van der Waals surface area contributed by atoms with Gasteiger partial charge in [0.25, 0.3) is 0 Å². The second kappa shape index (κ2) is 52.9. The molecular formula is C59H98O6. The summed E-state index contributed by atoms with van der Waals surface area (Å²) in [5, 5.41) is 0. The molecular weight excluding hydrogens is 805 g/mol. The molecule has 0 aromatic carbocycles. The van der Waals surface area contributed by atoms with Crippen LogP contribution in [0.4, 0.5) is 0 Å². The van der Waals surface area contributed by atoms with E-state index in [1.807, 2.05) is 30.4 Å². The van der Waals surface area contributed by atoms with E-state index in [0.717, 1.165) is 77.0 Å². The Labute approximate surface area is 400 Å². The van der Waals surface area contributed by atoms with Crippen molar-refractivity contribution in [1.82, 2.24) is 0 Å². The maximum absolute atomic E-state index is 12.8. The van der Waals surface area contributed by atoms with Crippen molar-refractivity contribution in [3.63, 3.8) is 0 Å². The van der Waals surface area contributed by atoms with E-state index in [-0.39, 0.29) is 44.0 Å². The molecule has 0 bridgehead atoms. The molecule has 0 rings (SSSR count). The van der Waals surface area contributed by atoms with Crippen LogP contribution >= 0.6 is 0 Å². The second-order valence-electron chi connectivity index (χ2n) is 17.5. The van der Waals surface area contributed by atoms with E-state index in [4.69, 9.17) is 14.2 Å². The van der Waals surface area contributed by atoms with Crippen LogP contribution in [0.25, 0.3) is 0 Å². The fourth-order valence-electron chi connectivity index (χ4n) is 7.14. The van der Waals surface area contributed by atoms with E-state index in [9.17, 15) is 14.4 Å². The Bertz CT molecular complexity index is 1310. The van der Waals surface area contributed by atoms with Crippen molar-refractivity contribution < 1.29 is 28.6 Å². The largest absolute Gasteiger partial charge is 0.462 e. The first-order valence-electron chi connectivity index (χ1n) is 26.8. The molecule has 0 N–H and O–H groups in total. The van der Waals surface area contributed by atoms with E-state index in [1.54, 1.807) is 0 Å². The van der Waals surface area contributed by atoms with Gasteiger partial charge in [0.15, 0.2) is 6.10 Å². The average Bonchev–Trinajstić information content (AvgIpc) is 3.30. The highest BCUT2D eigenvalue weighted by atomic mass is 16.6. The van der Waals surface area contributed by atoms with E-state index in [2.05, 4.69) is 87.6 Å². The number of unbranched alkanes of at least 4 members (excludes halogenated alkanes) is 24. The van der Waals surface area contributed by atoms with Crippen LogP contribution in [0.3, 0.4) is 0 Å². The Morgan fingerprint density at radius 3 is 1.20 bits per heavy atom. The molecule has 1 unspecified atom stereocenters. The van der Waals surface area contributed by atoms with Crippen LogP contribution in [0.5, 0.6) is 0 Å². The number of hydrogen-bond donors (Lipinski definition) is 0. The van der Waals surface area contributed by atoms with Crippen molar-refractivity contribution in [3.05, 3.63) is 97.2 Å². The predicted octanol–water partition coefficient (Wildman–Crippen LogP) is 17.8. The summed E-state index contributed by atoms with van der Waals surface area (Å²) in [6.07, 6.45) is 69.7. The molecule has 0 aliphatic rings. The van der Waals surface area contributed by atoms with Gasteiger partial charge >= 0.3 is 17.9 Å². The SMILES string of the molecule is CC\C=C/C=C\C=C/C=C\CCCCCCCC(=O)OC(COC(=O)CC/C=C\C/C=C\CCCCCCCC)COC(=O)CCCCCCCCCCCC/C=C\C=C/CCCCC. The molecule has 0 saturated heterocycles. The maximum Gasteiger partial charge on any atom is 0.306 e. The van der Waals surface area contributed by atoms with Gasteiger partial charge in [0.05, 0.1) is 0 Å². The fourth-order valence-corrected chi connectivity index (χ4v) is 7.14. The highest BCUT2D eigenvalue weighted by Crippen LogP contribution is 2.14. The van der Waals surface area contributed by atoms with Gasteiger partial charge in [-0.25, -0.2) is 0 Å². The Kier molecular flexibility index (Phi) is 50.0. The summed E-state index contributed by atoms with van der Waals surface area (Å²) in [6.45, 7) is 6.39. The lowest BCUT2D eigenvalue weighted by atomic mass is 10.1. The van der Waals surface area contributed by atoms with Crippen molar-refractivity contribution in [2.24, 2.45) is 0 Å². The molecule has 0 radical (unpaired) electrons. The van der Waals surface area contributed by atoms with Gasteiger partial charge in [-0.1, -0.05) is 234 Å². The lowest BCUT2D eigenvalue weighted by molar-refractivity contribution is -0.166. The normalized spacial score (nSPS) is 12.8. The molecule has 0 heterocycles. The summed E-state index contributed by atoms with van der Waals surface area (Å²) >= 11 is 0. The minimum atomic E-state index is -0.814. The van der Waals surface area contributed by atoms with Crippen molar-refractivity contribution in [2.45, 2.75) is 245 Å². The molecule has 0 fully saturated rings. The Hall–Kier alpha value is -3.67. The zero-order valence-corrected chi connectivity index (χ0v) is 42.2. The van der Waals surface area contributed by atoms with Crippen molar-refractivity contribution in [2.75, 3.05) is 13.2 Å². The zero-order valence-electron chi connectivity index (χ0n) is 42.2. The summed E-state index contributed by atoms with van der Waals surface area (Å²) in [4.78, 5) is 38.0. The molecule has 6 heteroatoms. The standard InChI is InChI=1S/C59H98O6/c1-4-7-10-13-16-19-22-25-27-28-29-30-32-34-37-40-43-46-49-52-58(61)64-55-56(54-63-57(60)51-48-45-42-39-36-33-24-21-18-15-12-9-6-3)65-59(62)53-50-47-44-41-38-35-31-26-23-20-17-14-11-8-5-2/h8,11,14,16-17,19-20,22-23,25-26,31,33,36,42,45,56H,4-7,9-10,12-13,15,18,21,24,27-30,32,34-35,37-41,43-44,46-55H2,1-3H3/b11-8-,17-14-,19-16-,23-20-,25-22-,31-26-,36-33-,45-42-. The van der Waals surface area contributed by atoms with Gasteiger partial charge in [-0.2, -0.15) is 0 Å². The fraction of sp³-hybridized carbons (Fsp3) is 0.678. The Morgan fingerprint density at radius 1 is 0.338 bits per heavy atom. The molecule has 0 aliphatic heterocycles. The topological polar surface area (TPSA) is 78.9 Å². The van der Waals surface area contributed by atoms with Gasteiger partial charge in [-0.15, -0.1) is 0 Å². The number of rotatable bonds is 47. The quantitative estimate of drug-likeness (QED) is 0.0199. The molecule has 1 atom stereocenters. The van der Waals surface area contributed by atoms with E-state index < -0.39 is 6.10 Å². The van der Waals surface area contributed by atoms with Gasteiger partial charge in [0.1, 0.15) is 13.2 Å². The van der Waals surface area contributed by atoms with Gasteiger partial charge < -0.3 is 14.2 Å². The number of carbonyl (C=O) groups excluding carboxylic acids is 3. The molecule has 0 spiro atoms. The van der Waals surface area contributed by atoms with Crippen LogP contribution in [-0.4, -0.2) is 37.2 Å². The Balaban J connectivity index is 4.46. The monoisotopic (exact) mass is 903 g/mol. The van der Waals surface area contributed by atoms with Crippen LogP contribution in [0.2, 0.25) is 0 Å². The number of ether oxygens (including phenoxy) is 3. The minimum absolute atomic E-state index is 0.107. The molecule has 0 saturated carbocycles. The van der Waals surface area contributed by atoms with Gasteiger partial charge in [-0.05, 0) is 83.5 Å². The smallest absolute Gasteiger partial charge is 0.306 e. The highest BCUT2D eigenvalue weighted by molar-refractivity contribution is 5.71. The summed E-state index contributed by atoms with van der Waals surface area (Å²) in [6, 6.07) is 0. The third-order valence-electron chi connectivity index (χ3n) is 11.2. The van der Waals surface area contributed by atoms with E-state index >= 15 is 0 Å². The van der Waals surface area contributed by atoms with Crippen molar-refractivity contribution >= 4 is 17.9 Å². The number of esters is 3. The summed E-state index contributed by atoms with van der Waals surface area (Å²) < 4.78 is 16.7. The van der Waals surface area contributed by atoms with Gasteiger partial charge in [0.2, 0.25) is 0 Å². The van der Waals surface area contributed by atoms with E-state index in [0.29, 0.717) is 12.8 Å². The maximum atomic E-state index is 12.8. The zero-order chi connectivity index (χ0) is 47.2. The Morgan fingerprint density at radius 2 is 0.692 bits per heavy atom. The van der Waals surface area contributed by atoms with Crippen LogP contribution in [0.1, 0.15) is 239 Å². The van der Waals surface area contributed by atoms with Crippen LogP contribution < -0.4 is 0 Å². The molecule has 0 aliphatic carbocycles. The number of carbonyl (C=O) groups is 3. The highest BCUT2D eigenvalue weighted by Gasteiger charge is 2.19. The van der Waals surface area contributed by atoms with Gasteiger partial charge in [0, 0.05) is 19.3 Å². The lowest BCUT2D eigenvalue weighted by Crippen LogP contribution is -2.30. The van der Waals surface area contributed by atoms with E-state index in [1.165, 1.54) is 116 Å². The predicted molar refractivity (Wildman–Crippen MR) is 279 cm³/mol. The summed E-state index contributed by atoms with van der Waals surface area (Å²) in [7, 11) is 0. The molecule has 0 aromatic heterocycles. The first-order chi connectivity index (χ1) is 32.0. The van der Waals surface area contributed by atoms with Crippen molar-refractivity contribution in [1.29, 1.82) is 0 Å². The minimum Gasteiger partial charge on any atom is -0.462 e. The molecule has 65 heavy (non-hydrogen) atoms. The number of hydrogen-bond acceptors (Lipinski definition) is 6. The molecule has 0 aromatic rings. The average molecular weight is 903 g/mol. The molecule has 370 valence electrons. The molecule has 0 amide bonds. The van der Waals surface area contributed by atoms with Crippen molar-refractivity contribution in [3.8, 4) is 0 Å². The second-order valence-corrected chi connectivity index (χ2v) is 17.5. The van der Waals surface area contributed by atoms with Crippen LogP contribution in [0.15, 0.2) is 97.2 Å². The number of allylic oxidation sites excluding steroid dienone is 16. The third kappa shape index (κ3) is 51.2. The van der Waals surface area contributed by atoms with Gasteiger partial charge in [-0.3, -0.25) is 14.4 Å². The van der Waals surface area contributed by atoms with Crippen LogP contribution in [0, 0.1) is 0 Å².